The molecule has 2 aliphatic heterocycles. The second-order valence-corrected chi connectivity index (χ2v) is 9.98. The zero-order valence-corrected chi connectivity index (χ0v) is 15.7. The number of hydrogen-bond acceptors (Lipinski definition) is 6. The molecule has 0 aromatic rings. The van der Waals surface area contributed by atoms with Crippen molar-refractivity contribution in [3.63, 3.8) is 0 Å². The Morgan fingerprint density at radius 3 is 1.55 bits per heavy atom. The molecule has 6 nitrogen and oxygen atoms in total. The summed E-state index contributed by atoms with van der Waals surface area (Å²) in [6.45, 7) is 0. The molecule has 0 unspecified atom stereocenters. The van der Waals surface area contributed by atoms with Gasteiger partial charge in [-0.25, -0.2) is 0 Å². The van der Waals surface area contributed by atoms with E-state index in [1.165, 1.54) is 0 Å². The molecule has 0 bridgehead atoms. The summed E-state index contributed by atoms with van der Waals surface area (Å²) in [6.07, 6.45) is -0.00165. The number of ether oxygens (including phenoxy) is 2. The normalized spacial score (nSPS) is 31.2. The molecule has 2 saturated heterocycles. The fourth-order valence-corrected chi connectivity index (χ4v) is 6.94. The molecule has 8 heteroatoms. The van der Waals surface area contributed by atoms with Crippen LogP contribution in [0.3, 0.4) is 0 Å². The number of rotatable bonds is 7. The Morgan fingerprint density at radius 1 is 0.818 bits per heavy atom. The first-order valence-corrected chi connectivity index (χ1v) is 12.3. The van der Waals surface area contributed by atoms with Crippen LogP contribution in [0.15, 0.2) is 0 Å². The first kappa shape index (κ1) is 18.2. The van der Waals surface area contributed by atoms with Crippen molar-refractivity contribution in [1.29, 1.82) is 0 Å². The molecule has 2 fully saturated rings. The molecule has 0 aromatic carbocycles. The van der Waals surface area contributed by atoms with E-state index in [9.17, 15) is 19.8 Å². The SMILES string of the molecule is O=C(CCCCC(=O)O[C@H]1C[Se]C[C@@H]1O)O[C@H]1C[Se]C[C@@H]1O. The van der Waals surface area contributed by atoms with Crippen molar-refractivity contribution in [1.82, 2.24) is 0 Å². The molecule has 0 aliphatic carbocycles. The second-order valence-electron chi connectivity index (χ2n) is 5.47. The third-order valence-corrected chi connectivity index (χ3v) is 8.37. The summed E-state index contributed by atoms with van der Waals surface area (Å²) >= 11 is 0.750. The molecule has 126 valence electrons. The molecule has 2 N–H and O–H groups in total. The monoisotopic (exact) mass is 446 g/mol. The minimum atomic E-state index is -0.502. The van der Waals surface area contributed by atoms with E-state index in [0.29, 0.717) is 42.8 Å². The number of unbranched alkanes of at least 4 members (excludes halogenated alkanes) is 1. The van der Waals surface area contributed by atoms with Crippen molar-refractivity contribution in [3.8, 4) is 0 Å². The van der Waals surface area contributed by atoms with Gasteiger partial charge in [0.15, 0.2) is 0 Å². The van der Waals surface area contributed by atoms with Crippen molar-refractivity contribution < 1.29 is 29.3 Å². The average Bonchev–Trinajstić information content (AvgIpc) is 3.05. The van der Waals surface area contributed by atoms with Crippen molar-refractivity contribution in [2.24, 2.45) is 0 Å². The van der Waals surface area contributed by atoms with Gasteiger partial charge >= 0.3 is 143 Å². The molecule has 0 saturated carbocycles. The summed E-state index contributed by atoms with van der Waals surface area (Å²) in [6, 6.07) is 0. The Balaban J connectivity index is 1.52. The molecule has 0 radical (unpaired) electrons. The van der Waals surface area contributed by atoms with Gasteiger partial charge in [0.25, 0.3) is 0 Å². The topological polar surface area (TPSA) is 93.1 Å². The molecular weight excluding hydrogens is 422 g/mol. The molecule has 2 rings (SSSR count). The average molecular weight is 444 g/mol. The Hall–Kier alpha value is -0.101. The van der Waals surface area contributed by atoms with Gasteiger partial charge in [-0.3, -0.25) is 0 Å². The van der Waals surface area contributed by atoms with Crippen LogP contribution >= 0.6 is 0 Å². The van der Waals surface area contributed by atoms with Crippen molar-refractivity contribution in [2.75, 3.05) is 0 Å². The zero-order chi connectivity index (χ0) is 15.9. The van der Waals surface area contributed by atoms with Gasteiger partial charge in [0.1, 0.15) is 0 Å². The number of carbonyl (C=O) groups is 2. The number of carbonyl (C=O) groups excluding carboxylic acids is 2. The van der Waals surface area contributed by atoms with E-state index < -0.39 is 12.2 Å². The first-order valence-electron chi connectivity index (χ1n) is 7.47. The number of esters is 2. The number of aliphatic hydroxyl groups excluding tert-OH is 2. The quantitative estimate of drug-likeness (QED) is 0.331. The molecule has 2 heterocycles. The molecule has 2 aliphatic rings. The van der Waals surface area contributed by atoms with Crippen LogP contribution in [-0.4, -0.2) is 76.5 Å². The van der Waals surface area contributed by atoms with Gasteiger partial charge in [0.2, 0.25) is 0 Å². The van der Waals surface area contributed by atoms with Gasteiger partial charge in [-0.15, -0.1) is 0 Å². The van der Waals surface area contributed by atoms with Crippen LogP contribution in [0.5, 0.6) is 0 Å². The predicted octanol–water partition coefficient (Wildman–Crippen LogP) is 0.201. The third-order valence-electron chi connectivity index (χ3n) is 3.58. The molecule has 22 heavy (non-hydrogen) atoms. The van der Waals surface area contributed by atoms with Gasteiger partial charge in [-0.05, 0) is 0 Å². The van der Waals surface area contributed by atoms with E-state index in [-0.39, 0.29) is 37.0 Å². The van der Waals surface area contributed by atoms with Crippen LogP contribution in [0.25, 0.3) is 0 Å². The molecule has 4 atom stereocenters. The van der Waals surface area contributed by atoms with Crippen LogP contribution < -0.4 is 0 Å². The summed E-state index contributed by atoms with van der Waals surface area (Å²) in [5.74, 6) is -0.604. The Bertz CT molecular complexity index is 356. The summed E-state index contributed by atoms with van der Waals surface area (Å²) in [5.41, 5.74) is 0. The maximum atomic E-state index is 11.6. The van der Waals surface area contributed by atoms with E-state index in [4.69, 9.17) is 9.47 Å². The number of aliphatic hydroxyl groups is 2. The maximum absolute atomic E-state index is 11.6. The molecule has 0 amide bonds. The van der Waals surface area contributed by atoms with Gasteiger partial charge in [0, 0.05) is 0 Å². The first-order chi connectivity index (χ1) is 10.6. The van der Waals surface area contributed by atoms with Crippen LogP contribution in [-0.2, 0) is 19.1 Å². The van der Waals surface area contributed by atoms with Crippen molar-refractivity contribution >= 4 is 41.9 Å². The summed E-state index contributed by atoms with van der Waals surface area (Å²) in [4.78, 5) is 23.3. The van der Waals surface area contributed by atoms with Crippen LogP contribution in [0.2, 0.25) is 21.3 Å². The van der Waals surface area contributed by atoms with Crippen LogP contribution in [0.1, 0.15) is 25.7 Å². The van der Waals surface area contributed by atoms with E-state index in [2.05, 4.69) is 0 Å². The van der Waals surface area contributed by atoms with E-state index in [1.807, 2.05) is 0 Å². The van der Waals surface area contributed by atoms with E-state index >= 15 is 0 Å². The fourth-order valence-electron chi connectivity index (χ4n) is 2.27. The number of hydrogen-bond donors (Lipinski definition) is 2. The Kier molecular flexibility index (Phi) is 7.68. The molecule has 0 aromatic heterocycles. The van der Waals surface area contributed by atoms with Crippen LogP contribution in [0, 0.1) is 0 Å². The standard InChI is InChI=1S/C14H22O6Se2/c15-9-5-21-7-11(9)19-13(17)3-1-2-4-14(18)20-12-8-22-6-10(12)16/h9-12,15-16H,1-8H2/t9-,10-,11-,12-/m0/s1. The molecule has 0 spiro atoms. The fraction of sp³-hybridized carbons (Fsp3) is 0.857. The summed E-state index contributed by atoms with van der Waals surface area (Å²) in [7, 11) is 0. The predicted molar refractivity (Wildman–Crippen MR) is 81.0 cm³/mol. The van der Waals surface area contributed by atoms with Gasteiger partial charge < -0.3 is 0 Å². The van der Waals surface area contributed by atoms with Crippen molar-refractivity contribution in [2.45, 2.75) is 71.4 Å². The summed E-state index contributed by atoms with van der Waals surface area (Å²) < 4.78 is 10.5. The van der Waals surface area contributed by atoms with Gasteiger partial charge in [0.05, 0.1) is 0 Å². The van der Waals surface area contributed by atoms with E-state index in [1.54, 1.807) is 0 Å². The zero-order valence-electron chi connectivity index (χ0n) is 12.3. The second kappa shape index (κ2) is 9.26. The minimum absolute atomic E-state index is 0.263. The van der Waals surface area contributed by atoms with Gasteiger partial charge in [-0.1, -0.05) is 0 Å². The Labute approximate surface area is 142 Å². The molecular formula is C14H22O6Se2. The Morgan fingerprint density at radius 2 is 1.23 bits per heavy atom. The van der Waals surface area contributed by atoms with Crippen molar-refractivity contribution in [3.05, 3.63) is 0 Å². The van der Waals surface area contributed by atoms with Crippen LogP contribution in [0.4, 0.5) is 0 Å². The third kappa shape index (κ3) is 5.84. The van der Waals surface area contributed by atoms with Gasteiger partial charge in [-0.2, -0.15) is 0 Å². The summed E-state index contributed by atoms with van der Waals surface area (Å²) in [5, 5.41) is 22.3. The van der Waals surface area contributed by atoms with E-state index in [0.717, 1.165) is 21.3 Å².